The number of aryl methyl sites for hydroxylation is 1. The van der Waals surface area contributed by atoms with Gasteiger partial charge in [-0.1, -0.05) is 6.07 Å². The van der Waals surface area contributed by atoms with Crippen LogP contribution in [-0.2, 0) is 4.74 Å². The molecule has 3 heterocycles. The van der Waals surface area contributed by atoms with E-state index in [0.717, 1.165) is 22.6 Å². The Bertz CT molecular complexity index is 1320. The van der Waals surface area contributed by atoms with Gasteiger partial charge in [0.1, 0.15) is 17.2 Å². The highest BCUT2D eigenvalue weighted by Gasteiger charge is 2.31. The smallest absolute Gasteiger partial charge is 0.407 e. The van der Waals surface area contributed by atoms with E-state index in [1.54, 1.807) is 17.2 Å². The molecule has 1 saturated heterocycles. The van der Waals surface area contributed by atoms with Crippen LogP contribution in [0.1, 0.15) is 57.7 Å². The largest absolute Gasteiger partial charge is 0.444 e. The maximum absolute atomic E-state index is 14.4. The maximum atomic E-state index is 14.4. The zero-order valence-corrected chi connectivity index (χ0v) is 22.6. The number of alkyl carbamates (subject to hydrolysis) is 1. The van der Waals surface area contributed by atoms with Gasteiger partial charge in [0, 0.05) is 37.4 Å². The van der Waals surface area contributed by atoms with Crippen molar-refractivity contribution in [2.24, 2.45) is 0 Å². The van der Waals surface area contributed by atoms with E-state index in [2.05, 4.69) is 15.2 Å². The van der Waals surface area contributed by atoms with Crippen LogP contribution in [0.3, 0.4) is 0 Å². The third-order valence-electron chi connectivity index (χ3n) is 6.51. The van der Waals surface area contributed by atoms with Crippen LogP contribution in [-0.4, -0.2) is 63.6 Å². The lowest BCUT2D eigenvalue weighted by molar-refractivity contribution is 0.0495. The Morgan fingerprint density at radius 3 is 2.54 bits per heavy atom. The Balaban J connectivity index is 1.69. The second kappa shape index (κ2) is 10.0. The number of anilines is 1. The lowest BCUT2D eigenvalue weighted by Gasteiger charge is -2.41. The number of ether oxygens (including phenoxy) is 1. The third-order valence-corrected chi connectivity index (χ3v) is 6.51. The highest BCUT2D eigenvalue weighted by Crippen LogP contribution is 2.35. The van der Waals surface area contributed by atoms with E-state index in [9.17, 15) is 14.0 Å². The minimum absolute atomic E-state index is 0.0207. The fraction of sp³-hybridized carbons (Fsp3) is 0.464. The molecule has 37 heavy (non-hydrogen) atoms. The molecule has 1 fully saturated rings. The van der Waals surface area contributed by atoms with E-state index in [4.69, 9.17) is 4.74 Å². The molecule has 4 rings (SSSR count). The summed E-state index contributed by atoms with van der Waals surface area (Å²) in [5.41, 5.74) is 2.97. The SMILES string of the molecule is CCN(C(=O)c1cc(F)ccc1-c1cc(N2CC(NC(=O)OC(C)(C)C)C2)cn2c(C)ncc12)C(C)C. The molecule has 9 heteroatoms. The van der Waals surface area contributed by atoms with E-state index in [1.165, 1.54) is 12.1 Å². The second-order valence-corrected chi connectivity index (χ2v) is 10.8. The summed E-state index contributed by atoms with van der Waals surface area (Å²) in [7, 11) is 0. The van der Waals surface area contributed by atoms with Gasteiger partial charge in [-0.3, -0.25) is 4.79 Å². The van der Waals surface area contributed by atoms with Gasteiger partial charge in [0.15, 0.2) is 0 Å². The zero-order chi connectivity index (χ0) is 27.1. The number of aromatic nitrogens is 2. The molecule has 1 N–H and O–H groups in total. The first-order chi connectivity index (χ1) is 17.4. The second-order valence-electron chi connectivity index (χ2n) is 10.8. The van der Waals surface area contributed by atoms with Gasteiger partial charge < -0.3 is 24.3 Å². The first kappa shape index (κ1) is 26.4. The average molecular weight is 510 g/mol. The normalized spacial score (nSPS) is 14.1. The number of carbonyl (C=O) groups is 2. The van der Waals surface area contributed by atoms with Gasteiger partial charge >= 0.3 is 6.09 Å². The van der Waals surface area contributed by atoms with Gasteiger partial charge in [-0.2, -0.15) is 0 Å². The number of hydrogen-bond donors (Lipinski definition) is 1. The lowest BCUT2D eigenvalue weighted by atomic mass is 9.97. The minimum atomic E-state index is -0.556. The number of nitrogens with one attached hydrogen (secondary N) is 1. The van der Waals surface area contributed by atoms with Crippen LogP contribution in [0.15, 0.2) is 36.7 Å². The fourth-order valence-corrected chi connectivity index (χ4v) is 4.68. The van der Waals surface area contributed by atoms with Gasteiger partial charge in [0.05, 0.1) is 29.0 Å². The zero-order valence-electron chi connectivity index (χ0n) is 22.6. The molecule has 198 valence electrons. The van der Waals surface area contributed by atoms with Crippen molar-refractivity contribution in [3.05, 3.63) is 53.9 Å². The first-order valence-electron chi connectivity index (χ1n) is 12.7. The molecule has 0 bridgehead atoms. The molecule has 0 saturated carbocycles. The summed E-state index contributed by atoms with van der Waals surface area (Å²) < 4.78 is 21.7. The molecule has 0 aliphatic carbocycles. The van der Waals surface area contributed by atoms with Crippen LogP contribution in [0.5, 0.6) is 0 Å². The predicted molar refractivity (Wildman–Crippen MR) is 143 cm³/mol. The van der Waals surface area contributed by atoms with Crippen molar-refractivity contribution in [1.82, 2.24) is 19.6 Å². The van der Waals surface area contributed by atoms with Crippen molar-refractivity contribution < 1.29 is 18.7 Å². The van der Waals surface area contributed by atoms with E-state index in [-0.39, 0.29) is 18.0 Å². The Labute approximate surface area is 217 Å². The van der Waals surface area contributed by atoms with Crippen LogP contribution in [0.4, 0.5) is 14.9 Å². The number of halogens is 1. The number of rotatable bonds is 6. The molecule has 3 aromatic rings. The van der Waals surface area contributed by atoms with E-state index >= 15 is 0 Å². The number of carbonyl (C=O) groups excluding carboxylic acids is 2. The summed E-state index contributed by atoms with van der Waals surface area (Å²) in [6, 6.07) is 6.32. The van der Waals surface area contributed by atoms with Crippen LogP contribution in [0.2, 0.25) is 0 Å². The number of fused-ring (bicyclic) bond motifs is 1. The van der Waals surface area contributed by atoms with Crippen LogP contribution in [0, 0.1) is 12.7 Å². The van der Waals surface area contributed by atoms with Crippen molar-refractivity contribution in [2.75, 3.05) is 24.5 Å². The van der Waals surface area contributed by atoms with Crippen LogP contribution < -0.4 is 10.2 Å². The number of nitrogens with zero attached hydrogens (tertiary/aromatic N) is 4. The molecular formula is C28H36FN5O3. The molecule has 0 radical (unpaired) electrons. The average Bonchev–Trinajstić information content (AvgIpc) is 3.15. The summed E-state index contributed by atoms with van der Waals surface area (Å²) in [4.78, 5) is 34.0. The van der Waals surface area contributed by atoms with Crippen molar-refractivity contribution in [1.29, 1.82) is 0 Å². The number of pyridine rings is 1. The van der Waals surface area contributed by atoms with E-state index in [1.807, 2.05) is 65.1 Å². The maximum Gasteiger partial charge on any atom is 0.407 e. The van der Waals surface area contributed by atoms with Gasteiger partial charge in [-0.05, 0) is 72.2 Å². The lowest BCUT2D eigenvalue weighted by Crippen LogP contribution is -2.60. The Kier molecular flexibility index (Phi) is 7.17. The van der Waals surface area contributed by atoms with Gasteiger partial charge in [0.2, 0.25) is 0 Å². The highest BCUT2D eigenvalue weighted by atomic mass is 19.1. The standard InChI is InChI=1S/C28H36FN5O3/c1-8-33(17(2)3)26(35)24-11-19(29)9-10-22(24)23-12-21(16-34-18(4)30-13-25(23)34)32-14-20(15-32)31-27(36)37-28(5,6)7/h9-13,16-17,20H,8,14-15H2,1-7H3,(H,31,36). The van der Waals surface area contributed by atoms with Gasteiger partial charge in [-0.25, -0.2) is 14.2 Å². The Hall–Kier alpha value is -3.62. The summed E-state index contributed by atoms with van der Waals surface area (Å²) >= 11 is 0. The van der Waals surface area contributed by atoms with Crippen molar-refractivity contribution in [3.8, 4) is 11.1 Å². The van der Waals surface area contributed by atoms with Crippen molar-refractivity contribution >= 4 is 23.2 Å². The number of imidazole rings is 1. The molecule has 2 aromatic heterocycles. The number of benzene rings is 1. The van der Waals surface area contributed by atoms with Gasteiger partial charge in [-0.15, -0.1) is 0 Å². The minimum Gasteiger partial charge on any atom is -0.444 e. The Morgan fingerprint density at radius 2 is 1.92 bits per heavy atom. The molecule has 1 aliphatic rings. The van der Waals surface area contributed by atoms with Crippen LogP contribution in [0.25, 0.3) is 16.6 Å². The number of amides is 2. The topological polar surface area (TPSA) is 79.2 Å². The van der Waals surface area contributed by atoms with Crippen molar-refractivity contribution in [3.63, 3.8) is 0 Å². The summed E-state index contributed by atoms with van der Waals surface area (Å²) in [5.74, 6) is 0.134. The molecule has 8 nitrogen and oxygen atoms in total. The van der Waals surface area contributed by atoms with Crippen molar-refractivity contribution in [2.45, 2.75) is 66.2 Å². The molecule has 1 aromatic carbocycles. The molecular weight excluding hydrogens is 473 g/mol. The summed E-state index contributed by atoms with van der Waals surface area (Å²) in [6.45, 7) is 15.0. The molecule has 0 atom stereocenters. The Morgan fingerprint density at radius 1 is 1.22 bits per heavy atom. The highest BCUT2D eigenvalue weighted by molar-refractivity contribution is 6.03. The molecule has 2 amide bonds. The van der Waals surface area contributed by atoms with Crippen LogP contribution >= 0.6 is 0 Å². The quantitative estimate of drug-likeness (QED) is 0.504. The summed E-state index contributed by atoms with van der Waals surface area (Å²) in [6.07, 6.45) is 3.34. The fourth-order valence-electron chi connectivity index (χ4n) is 4.68. The first-order valence-corrected chi connectivity index (χ1v) is 12.7. The third kappa shape index (κ3) is 5.55. The van der Waals surface area contributed by atoms with E-state index < -0.39 is 17.5 Å². The van der Waals surface area contributed by atoms with Gasteiger partial charge in [0.25, 0.3) is 5.91 Å². The molecule has 0 spiro atoms. The monoisotopic (exact) mass is 509 g/mol. The van der Waals surface area contributed by atoms with E-state index in [0.29, 0.717) is 30.8 Å². The number of hydrogen-bond acceptors (Lipinski definition) is 5. The summed E-state index contributed by atoms with van der Waals surface area (Å²) in [5, 5.41) is 2.91. The molecule has 1 aliphatic heterocycles. The molecule has 0 unspecified atom stereocenters. The predicted octanol–water partition coefficient (Wildman–Crippen LogP) is 5.03.